The van der Waals surface area contributed by atoms with Gasteiger partial charge in [0.05, 0.1) is 7.11 Å². The summed E-state index contributed by atoms with van der Waals surface area (Å²) in [6.07, 6.45) is 3.54. The van der Waals surface area contributed by atoms with Crippen LogP contribution < -0.4 is 10.1 Å². The van der Waals surface area contributed by atoms with E-state index in [1.165, 1.54) is 23.1 Å². The summed E-state index contributed by atoms with van der Waals surface area (Å²) in [7, 11) is 1.78. The van der Waals surface area contributed by atoms with E-state index in [1.807, 2.05) is 0 Å². The highest BCUT2D eigenvalue weighted by atomic mass is 16.5. The molecule has 0 aliphatic rings. The predicted molar refractivity (Wildman–Crippen MR) is 87.6 cm³/mol. The molecule has 0 aliphatic carbocycles. The Bertz CT molecular complexity index is 414. The third-order valence-electron chi connectivity index (χ3n) is 4.26. The van der Waals surface area contributed by atoms with Crippen molar-refractivity contribution >= 4 is 0 Å². The van der Waals surface area contributed by atoms with Gasteiger partial charge in [0.15, 0.2) is 0 Å². The minimum Gasteiger partial charge on any atom is -0.496 e. The van der Waals surface area contributed by atoms with Crippen LogP contribution in [0.2, 0.25) is 0 Å². The lowest BCUT2D eigenvalue weighted by Crippen LogP contribution is -2.24. The van der Waals surface area contributed by atoms with E-state index >= 15 is 0 Å². The number of hydrogen-bond acceptors (Lipinski definition) is 2. The fourth-order valence-electron chi connectivity index (χ4n) is 2.56. The number of hydrogen-bond donors (Lipinski definition) is 1. The van der Waals surface area contributed by atoms with Gasteiger partial charge in [0.2, 0.25) is 0 Å². The molecule has 1 aromatic rings. The Balaban J connectivity index is 3.08. The Hall–Kier alpha value is -1.02. The van der Waals surface area contributed by atoms with Gasteiger partial charge in [-0.2, -0.15) is 0 Å². The first-order chi connectivity index (χ1) is 9.54. The predicted octanol–water partition coefficient (Wildman–Crippen LogP) is 4.79. The molecule has 0 saturated carbocycles. The molecule has 2 atom stereocenters. The smallest absolute Gasteiger partial charge is 0.126 e. The van der Waals surface area contributed by atoms with E-state index in [1.54, 1.807) is 7.11 Å². The molecule has 1 N–H and O–H groups in total. The lowest BCUT2D eigenvalue weighted by Gasteiger charge is -2.25. The number of aryl methyl sites for hydroxylation is 1. The number of nitrogens with one attached hydrogen (secondary N) is 1. The lowest BCUT2D eigenvalue weighted by molar-refractivity contribution is 0.369. The summed E-state index contributed by atoms with van der Waals surface area (Å²) in [4.78, 5) is 0. The molecule has 20 heavy (non-hydrogen) atoms. The monoisotopic (exact) mass is 277 g/mol. The van der Waals surface area contributed by atoms with Crippen molar-refractivity contribution in [1.29, 1.82) is 0 Å². The second-order valence-corrected chi connectivity index (χ2v) is 5.89. The third-order valence-corrected chi connectivity index (χ3v) is 4.26. The third kappa shape index (κ3) is 4.24. The largest absolute Gasteiger partial charge is 0.496 e. The Kier molecular flexibility index (Phi) is 7.08. The van der Waals surface area contributed by atoms with E-state index in [4.69, 9.17) is 4.74 Å². The van der Waals surface area contributed by atoms with Crippen LogP contribution in [0.25, 0.3) is 0 Å². The average molecular weight is 277 g/mol. The summed E-state index contributed by atoms with van der Waals surface area (Å²) in [5, 5.41) is 3.69. The fraction of sp³-hybridized carbons (Fsp3) is 0.667. The quantitative estimate of drug-likeness (QED) is 0.737. The van der Waals surface area contributed by atoms with Gasteiger partial charge in [-0.05, 0) is 50.3 Å². The maximum Gasteiger partial charge on any atom is 0.126 e. The van der Waals surface area contributed by atoms with Crippen LogP contribution in [-0.2, 0) is 0 Å². The summed E-state index contributed by atoms with van der Waals surface area (Å²) in [6.45, 7) is 12.2. The minimum atomic E-state index is 0.388. The maximum absolute atomic E-state index is 5.69. The molecule has 0 amide bonds. The van der Waals surface area contributed by atoms with E-state index in [0.717, 1.165) is 31.1 Å². The second-order valence-electron chi connectivity index (χ2n) is 5.89. The molecule has 0 bridgehead atoms. The molecule has 0 radical (unpaired) electrons. The molecule has 1 rings (SSSR count). The van der Waals surface area contributed by atoms with Gasteiger partial charge < -0.3 is 10.1 Å². The average Bonchev–Trinajstić information content (AvgIpc) is 2.46. The van der Waals surface area contributed by atoms with Gasteiger partial charge in [0.25, 0.3) is 0 Å². The van der Waals surface area contributed by atoms with E-state index < -0.39 is 0 Å². The molecule has 0 heterocycles. The first-order valence-electron chi connectivity index (χ1n) is 7.92. The van der Waals surface area contributed by atoms with Crippen molar-refractivity contribution in [2.24, 2.45) is 5.92 Å². The molecule has 2 heteroatoms. The van der Waals surface area contributed by atoms with E-state index in [2.05, 4.69) is 52.1 Å². The molecule has 0 aromatic heterocycles. The highest BCUT2D eigenvalue weighted by Crippen LogP contribution is 2.34. The number of methoxy groups -OCH3 is 1. The maximum atomic E-state index is 5.69. The Morgan fingerprint density at radius 1 is 1.20 bits per heavy atom. The topological polar surface area (TPSA) is 21.3 Å². The number of ether oxygens (including phenoxy) is 1. The van der Waals surface area contributed by atoms with Gasteiger partial charge >= 0.3 is 0 Å². The van der Waals surface area contributed by atoms with Gasteiger partial charge in [-0.3, -0.25) is 0 Å². The summed E-state index contributed by atoms with van der Waals surface area (Å²) in [5.41, 5.74) is 3.87. The molecule has 2 nitrogen and oxygen atoms in total. The van der Waals surface area contributed by atoms with Crippen molar-refractivity contribution in [2.45, 2.75) is 59.9 Å². The van der Waals surface area contributed by atoms with Crippen LogP contribution >= 0.6 is 0 Å². The van der Waals surface area contributed by atoms with Gasteiger partial charge in [0, 0.05) is 11.6 Å². The summed E-state index contributed by atoms with van der Waals surface area (Å²) >= 11 is 0. The normalized spacial score (nSPS) is 14.1. The molecular formula is C18H31NO. The summed E-state index contributed by atoms with van der Waals surface area (Å²) in [5.74, 6) is 1.78. The van der Waals surface area contributed by atoms with Crippen LogP contribution in [0.1, 0.15) is 62.8 Å². The van der Waals surface area contributed by atoms with Gasteiger partial charge in [-0.15, -0.1) is 0 Å². The zero-order valence-electron chi connectivity index (χ0n) is 14.0. The Labute approximate surface area is 124 Å². The molecule has 0 spiro atoms. The van der Waals surface area contributed by atoms with Crippen molar-refractivity contribution in [3.63, 3.8) is 0 Å². The summed E-state index contributed by atoms with van der Waals surface area (Å²) < 4.78 is 5.69. The van der Waals surface area contributed by atoms with Crippen LogP contribution in [0.3, 0.4) is 0 Å². The highest BCUT2D eigenvalue weighted by Gasteiger charge is 2.19. The standard InChI is InChI=1S/C18H31NO/c1-7-11-19-17(12-13(3)8-2)16-10-9-14(4)15(5)18(16)20-6/h9-10,13,17,19H,7-8,11-12H2,1-6H3. The van der Waals surface area contributed by atoms with Crippen molar-refractivity contribution < 1.29 is 4.74 Å². The minimum absolute atomic E-state index is 0.388. The van der Waals surface area contributed by atoms with Gasteiger partial charge in [0.1, 0.15) is 5.75 Å². The Morgan fingerprint density at radius 3 is 2.45 bits per heavy atom. The highest BCUT2D eigenvalue weighted by molar-refractivity contribution is 5.46. The van der Waals surface area contributed by atoms with Crippen LogP contribution in [0.5, 0.6) is 5.75 Å². The van der Waals surface area contributed by atoms with Gasteiger partial charge in [-0.25, -0.2) is 0 Å². The Morgan fingerprint density at radius 2 is 1.90 bits per heavy atom. The van der Waals surface area contributed by atoms with Crippen molar-refractivity contribution in [3.05, 3.63) is 28.8 Å². The fourth-order valence-corrected chi connectivity index (χ4v) is 2.56. The molecule has 1 aromatic carbocycles. The first-order valence-corrected chi connectivity index (χ1v) is 7.92. The number of rotatable bonds is 8. The van der Waals surface area contributed by atoms with E-state index in [9.17, 15) is 0 Å². The van der Waals surface area contributed by atoms with Crippen LogP contribution in [0.4, 0.5) is 0 Å². The van der Waals surface area contributed by atoms with Gasteiger partial charge in [-0.1, -0.05) is 39.3 Å². The second kappa shape index (κ2) is 8.31. The first kappa shape index (κ1) is 17.0. The van der Waals surface area contributed by atoms with E-state index in [0.29, 0.717) is 6.04 Å². The zero-order valence-corrected chi connectivity index (χ0v) is 14.0. The molecule has 0 saturated heterocycles. The summed E-state index contributed by atoms with van der Waals surface area (Å²) in [6, 6.07) is 4.83. The van der Waals surface area contributed by atoms with Crippen molar-refractivity contribution in [2.75, 3.05) is 13.7 Å². The van der Waals surface area contributed by atoms with Crippen LogP contribution in [-0.4, -0.2) is 13.7 Å². The number of benzene rings is 1. The van der Waals surface area contributed by atoms with Crippen LogP contribution in [0, 0.1) is 19.8 Å². The molecule has 0 aliphatic heterocycles. The lowest BCUT2D eigenvalue weighted by atomic mass is 9.91. The van der Waals surface area contributed by atoms with Crippen molar-refractivity contribution in [3.8, 4) is 5.75 Å². The van der Waals surface area contributed by atoms with Crippen LogP contribution in [0.15, 0.2) is 12.1 Å². The SMILES string of the molecule is CCCNC(CC(C)CC)c1ccc(C)c(C)c1OC. The zero-order chi connectivity index (χ0) is 15.1. The van der Waals surface area contributed by atoms with E-state index in [-0.39, 0.29) is 0 Å². The molecule has 0 fully saturated rings. The molecular weight excluding hydrogens is 246 g/mol. The molecule has 114 valence electrons. The molecule has 2 unspecified atom stereocenters. The van der Waals surface area contributed by atoms with Crippen molar-refractivity contribution in [1.82, 2.24) is 5.32 Å².